The summed E-state index contributed by atoms with van der Waals surface area (Å²) in [7, 11) is 0. The normalized spacial score (nSPS) is 22.6. The average molecular weight is 405 g/mol. The summed E-state index contributed by atoms with van der Waals surface area (Å²) in [5.74, 6) is 0.758. The summed E-state index contributed by atoms with van der Waals surface area (Å²) in [6, 6.07) is 6.62. The summed E-state index contributed by atoms with van der Waals surface area (Å²) in [6.45, 7) is 6.68. The first-order chi connectivity index (χ1) is 14.5. The Morgan fingerprint density at radius 1 is 1.13 bits per heavy atom. The third-order valence-corrected chi connectivity index (χ3v) is 6.27. The number of hydrogen-bond donors (Lipinski definition) is 0. The number of benzene rings is 1. The smallest absolute Gasteiger partial charge is 0.254 e. The molecule has 2 fully saturated rings. The Morgan fingerprint density at radius 3 is 2.67 bits per heavy atom. The Hall–Kier alpha value is -3.09. The van der Waals surface area contributed by atoms with E-state index in [0.29, 0.717) is 31.1 Å². The van der Waals surface area contributed by atoms with Crippen molar-refractivity contribution < 1.29 is 9.18 Å². The number of hydrogen-bond acceptors (Lipinski definition) is 5. The number of allylic oxidation sites excluding steroid dienone is 1. The number of carbonyl (C=O) groups is 1. The van der Waals surface area contributed by atoms with E-state index in [1.807, 2.05) is 30.9 Å². The standard InChI is InChI=1S/C23H24FN5O/c1-14-9-15(2)27-23(26-14)29-12-17-6-8-28(13-21(17)29)22(30)20-10-18(24)3-4-19(20)16-5-7-25-11-16/h3-5,7,9-10,17,21H,6,8,11-13H2,1-2H3/t17-,21-/m0/s1. The maximum atomic E-state index is 14.0. The zero-order chi connectivity index (χ0) is 20.8. The van der Waals surface area contributed by atoms with E-state index in [2.05, 4.69) is 19.9 Å². The predicted molar refractivity (Wildman–Crippen MR) is 114 cm³/mol. The van der Waals surface area contributed by atoms with Crippen molar-refractivity contribution >= 4 is 23.6 Å². The molecule has 1 aromatic carbocycles. The Morgan fingerprint density at radius 2 is 1.93 bits per heavy atom. The summed E-state index contributed by atoms with van der Waals surface area (Å²) in [6.07, 6.45) is 4.56. The highest BCUT2D eigenvalue weighted by atomic mass is 19.1. The van der Waals surface area contributed by atoms with Crippen molar-refractivity contribution in [2.45, 2.75) is 26.3 Å². The number of halogens is 1. The molecule has 0 unspecified atom stereocenters. The SMILES string of the molecule is Cc1cc(C)nc(N2C[C@@H]3CCN(C(=O)c4cc(F)ccc4C4=CC=NC4)C[C@@H]32)n1. The molecule has 2 aromatic rings. The first-order valence-corrected chi connectivity index (χ1v) is 10.4. The van der Waals surface area contributed by atoms with Crippen molar-refractivity contribution in [3.05, 3.63) is 58.7 Å². The van der Waals surface area contributed by atoms with Crippen LogP contribution in [0, 0.1) is 25.6 Å². The molecule has 5 rings (SSSR count). The van der Waals surface area contributed by atoms with Crippen LogP contribution < -0.4 is 4.90 Å². The number of carbonyl (C=O) groups excluding carboxylic acids is 1. The molecule has 0 radical (unpaired) electrons. The van der Waals surface area contributed by atoms with E-state index >= 15 is 0 Å². The lowest BCUT2D eigenvalue weighted by atomic mass is 9.82. The van der Waals surface area contributed by atoms with Gasteiger partial charge in [0.1, 0.15) is 5.82 Å². The summed E-state index contributed by atoms with van der Waals surface area (Å²) in [5, 5.41) is 0. The van der Waals surface area contributed by atoms with Gasteiger partial charge in [0.25, 0.3) is 5.91 Å². The number of fused-ring (bicyclic) bond motifs is 1. The fraction of sp³-hybridized carbons (Fsp3) is 0.391. The molecule has 30 heavy (non-hydrogen) atoms. The van der Waals surface area contributed by atoms with E-state index < -0.39 is 5.82 Å². The fourth-order valence-electron chi connectivity index (χ4n) is 4.71. The summed E-state index contributed by atoms with van der Waals surface area (Å²) in [5.41, 5.74) is 4.02. The number of aromatic nitrogens is 2. The second-order valence-electron chi connectivity index (χ2n) is 8.34. The topological polar surface area (TPSA) is 61.7 Å². The number of likely N-dealkylation sites (tertiary alicyclic amines) is 1. The summed E-state index contributed by atoms with van der Waals surface area (Å²) >= 11 is 0. The Balaban J connectivity index is 1.39. The molecule has 3 aliphatic heterocycles. The second kappa shape index (κ2) is 7.31. The number of anilines is 1. The lowest BCUT2D eigenvalue weighted by molar-refractivity contribution is 0.0588. The monoisotopic (exact) mass is 405 g/mol. The van der Waals surface area contributed by atoms with Crippen LogP contribution in [-0.2, 0) is 0 Å². The molecular formula is C23H24FN5O. The van der Waals surface area contributed by atoms with Crippen molar-refractivity contribution in [3.63, 3.8) is 0 Å². The summed E-state index contributed by atoms with van der Waals surface area (Å²) < 4.78 is 14.0. The van der Waals surface area contributed by atoms with E-state index in [4.69, 9.17) is 0 Å². The quantitative estimate of drug-likeness (QED) is 0.788. The van der Waals surface area contributed by atoms with Crippen LogP contribution in [0.2, 0.25) is 0 Å². The van der Waals surface area contributed by atoms with Gasteiger partial charge in [-0.1, -0.05) is 6.07 Å². The van der Waals surface area contributed by atoms with Crippen LogP contribution in [0.1, 0.15) is 33.7 Å². The molecule has 0 saturated carbocycles. The lowest BCUT2D eigenvalue weighted by Crippen LogP contribution is -2.65. The van der Waals surface area contributed by atoms with Gasteiger partial charge in [0.05, 0.1) is 18.2 Å². The molecule has 0 spiro atoms. The number of piperidine rings is 1. The molecule has 3 aliphatic rings. The molecule has 6 nitrogen and oxygen atoms in total. The molecule has 0 N–H and O–H groups in total. The van der Waals surface area contributed by atoms with E-state index in [1.54, 1.807) is 12.3 Å². The van der Waals surface area contributed by atoms with E-state index in [9.17, 15) is 9.18 Å². The molecule has 1 aromatic heterocycles. The highest BCUT2D eigenvalue weighted by Gasteiger charge is 2.45. The van der Waals surface area contributed by atoms with Crippen molar-refractivity contribution in [2.75, 3.05) is 31.1 Å². The van der Waals surface area contributed by atoms with Gasteiger partial charge in [0, 0.05) is 43.2 Å². The van der Waals surface area contributed by atoms with Crippen LogP contribution in [-0.4, -0.2) is 59.2 Å². The van der Waals surface area contributed by atoms with Gasteiger partial charge in [0.15, 0.2) is 0 Å². The second-order valence-corrected chi connectivity index (χ2v) is 8.34. The number of nitrogens with zero attached hydrogens (tertiary/aromatic N) is 5. The van der Waals surface area contributed by atoms with Crippen LogP contribution in [0.3, 0.4) is 0 Å². The first kappa shape index (κ1) is 18.9. The van der Waals surface area contributed by atoms with Gasteiger partial charge >= 0.3 is 0 Å². The predicted octanol–water partition coefficient (Wildman–Crippen LogP) is 3.05. The zero-order valence-corrected chi connectivity index (χ0v) is 17.2. The molecule has 2 saturated heterocycles. The summed E-state index contributed by atoms with van der Waals surface area (Å²) in [4.78, 5) is 30.8. The van der Waals surface area contributed by atoms with Crippen molar-refractivity contribution in [2.24, 2.45) is 10.9 Å². The highest BCUT2D eigenvalue weighted by molar-refractivity contribution is 6.02. The molecule has 2 atom stereocenters. The van der Waals surface area contributed by atoms with Crippen molar-refractivity contribution in [3.8, 4) is 0 Å². The minimum Gasteiger partial charge on any atom is -0.337 e. The third-order valence-electron chi connectivity index (χ3n) is 6.27. The Labute approximate surface area is 175 Å². The Kier molecular flexibility index (Phi) is 4.60. The van der Waals surface area contributed by atoms with Crippen LogP contribution in [0.15, 0.2) is 35.3 Å². The van der Waals surface area contributed by atoms with Gasteiger partial charge in [-0.15, -0.1) is 0 Å². The largest absolute Gasteiger partial charge is 0.337 e. The lowest BCUT2D eigenvalue weighted by Gasteiger charge is -2.53. The zero-order valence-electron chi connectivity index (χ0n) is 17.2. The minimum absolute atomic E-state index is 0.121. The molecular weight excluding hydrogens is 381 g/mol. The molecule has 7 heteroatoms. The van der Waals surface area contributed by atoms with Gasteiger partial charge in [-0.3, -0.25) is 9.79 Å². The third kappa shape index (κ3) is 3.28. The molecule has 0 bridgehead atoms. The average Bonchev–Trinajstić information content (AvgIpc) is 3.22. The number of aryl methyl sites for hydroxylation is 2. The fourth-order valence-corrected chi connectivity index (χ4v) is 4.71. The maximum absolute atomic E-state index is 14.0. The van der Waals surface area contributed by atoms with Gasteiger partial charge in [-0.25, -0.2) is 14.4 Å². The van der Waals surface area contributed by atoms with E-state index in [-0.39, 0.29) is 11.9 Å². The van der Waals surface area contributed by atoms with Gasteiger partial charge in [-0.05, 0) is 55.7 Å². The molecule has 1 amide bonds. The van der Waals surface area contributed by atoms with Gasteiger partial charge in [0.2, 0.25) is 5.95 Å². The van der Waals surface area contributed by atoms with Crippen molar-refractivity contribution in [1.29, 1.82) is 0 Å². The molecule has 4 heterocycles. The highest BCUT2D eigenvalue weighted by Crippen LogP contribution is 2.36. The van der Waals surface area contributed by atoms with E-state index in [1.165, 1.54) is 12.1 Å². The van der Waals surface area contributed by atoms with Crippen molar-refractivity contribution in [1.82, 2.24) is 14.9 Å². The van der Waals surface area contributed by atoms with Crippen LogP contribution in [0.4, 0.5) is 10.3 Å². The van der Waals surface area contributed by atoms with Gasteiger partial charge in [-0.2, -0.15) is 0 Å². The maximum Gasteiger partial charge on any atom is 0.254 e. The van der Waals surface area contributed by atoms with E-state index in [0.717, 1.165) is 41.4 Å². The van der Waals surface area contributed by atoms with Gasteiger partial charge < -0.3 is 9.80 Å². The first-order valence-electron chi connectivity index (χ1n) is 10.4. The molecule has 0 aliphatic carbocycles. The minimum atomic E-state index is -0.398. The number of amides is 1. The van der Waals surface area contributed by atoms with Crippen LogP contribution in [0.25, 0.3) is 5.57 Å². The Bertz CT molecular complexity index is 1060. The number of aliphatic imine (C=N–C) groups is 1. The molecule has 154 valence electrons. The number of rotatable bonds is 3. The van der Waals surface area contributed by atoms with Crippen LogP contribution >= 0.6 is 0 Å². The van der Waals surface area contributed by atoms with Crippen LogP contribution in [0.5, 0.6) is 0 Å².